The summed E-state index contributed by atoms with van der Waals surface area (Å²) in [4.78, 5) is 11.1. The molecule has 2 aromatic carbocycles. The summed E-state index contributed by atoms with van der Waals surface area (Å²) in [6.07, 6.45) is 0.756. The number of ether oxygens (including phenoxy) is 2. The highest BCUT2D eigenvalue weighted by atomic mass is 16.6. The number of nitro benzene ring substituents is 1. The van der Waals surface area contributed by atoms with Crippen LogP contribution < -0.4 is 20.1 Å². The predicted molar refractivity (Wildman–Crippen MR) is 96.9 cm³/mol. The van der Waals surface area contributed by atoms with Crippen LogP contribution in [0.4, 0.5) is 17.1 Å². The van der Waals surface area contributed by atoms with Crippen molar-refractivity contribution < 1.29 is 14.4 Å². The van der Waals surface area contributed by atoms with Crippen molar-refractivity contribution in [2.45, 2.75) is 19.4 Å². The highest BCUT2D eigenvalue weighted by molar-refractivity contribution is 5.77. The van der Waals surface area contributed by atoms with Gasteiger partial charge in [0.25, 0.3) is 5.69 Å². The summed E-state index contributed by atoms with van der Waals surface area (Å²) < 4.78 is 10.7. The highest BCUT2D eigenvalue weighted by Gasteiger charge is 2.25. The van der Waals surface area contributed by atoms with Gasteiger partial charge in [-0.1, -0.05) is 0 Å². The average molecular weight is 343 g/mol. The van der Waals surface area contributed by atoms with Gasteiger partial charge in [-0.2, -0.15) is 0 Å². The number of nitro groups is 1. The van der Waals surface area contributed by atoms with E-state index in [0.29, 0.717) is 17.2 Å². The Balaban J connectivity index is 1.98. The lowest BCUT2D eigenvalue weighted by Crippen LogP contribution is -2.11. The normalized spacial score (nSPS) is 13.6. The SMILES string of the molecule is COc1ccc(C(C)Nc2c([N+](=O)[O-])ccc3c2CCN3)c(OC)c1. The van der Waals surface area contributed by atoms with Gasteiger partial charge in [0, 0.05) is 35.5 Å². The number of rotatable bonds is 6. The van der Waals surface area contributed by atoms with Gasteiger partial charge in [0.05, 0.1) is 25.2 Å². The van der Waals surface area contributed by atoms with Gasteiger partial charge in [0.1, 0.15) is 17.2 Å². The summed E-state index contributed by atoms with van der Waals surface area (Å²) in [5.41, 5.74) is 3.45. The molecule has 0 spiro atoms. The van der Waals surface area contributed by atoms with E-state index in [0.717, 1.165) is 29.8 Å². The Hall–Kier alpha value is -2.96. The molecule has 2 N–H and O–H groups in total. The summed E-state index contributed by atoms with van der Waals surface area (Å²) in [5.74, 6) is 1.37. The molecule has 25 heavy (non-hydrogen) atoms. The van der Waals surface area contributed by atoms with Crippen LogP contribution in [0, 0.1) is 10.1 Å². The molecule has 3 rings (SSSR count). The van der Waals surface area contributed by atoms with E-state index in [1.165, 1.54) is 6.07 Å². The number of hydrogen-bond donors (Lipinski definition) is 2. The molecule has 0 radical (unpaired) electrons. The fourth-order valence-corrected chi connectivity index (χ4v) is 3.17. The van der Waals surface area contributed by atoms with Gasteiger partial charge in [-0.3, -0.25) is 10.1 Å². The number of nitrogens with one attached hydrogen (secondary N) is 2. The quantitative estimate of drug-likeness (QED) is 0.614. The van der Waals surface area contributed by atoms with Gasteiger partial charge >= 0.3 is 0 Å². The van der Waals surface area contributed by atoms with Crippen molar-refractivity contribution in [2.24, 2.45) is 0 Å². The van der Waals surface area contributed by atoms with Crippen molar-refractivity contribution in [2.75, 3.05) is 31.4 Å². The van der Waals surface area contributed by atoms with Crippen LogP contribution in [0.1, 0.15) is 24.1 Å². The lowest BCUT2D eigenvalue weighted by Gasteiger charge is -2.20. The Kier molecular flexibility index (Phi) is 4.65. The second kappa shape index (κ2) is 6.88. The molecule has 1 atom stereocenters. The summed E-state index contributed by atoms with van der Waals surface area (Å²) in [7, 11) is 3.19. The largest absolute Gasteiger partial charge is 0.497 e. The van der Waals surface area contributed by atoms with E-state index in [9.17, 15) is 10.1 Å². The lowest BCUT2D eigenvalue weighted by molar-refractivity contribution is -0.384. The molecule has 7 nitrogen and oxygen atoms in total. The smallest absolute Gasteiger partial charge is 0.292 e. The molecule has 0 amide bonds. The Bertz CT molecular complexity index is 807. The number of hydrogen-bond acceptors (Lipinski definition) is 6. The number of methoxy groups -OCH3 is 2. The van der Waals surface area contributed by atoms with Gasteiger partial charge < -0.3 is 20.1 Å². The van der Waals surface area contributed by atoms with E-state index < -0.39 is 0 Å². The van der Waals surface area contributed by atoms with Crippen molar-refractivity contribution in [1.29, 1.82) is 0 Å². The molecule has 0 aromatic heterocycles. The Labute approximate surface area is 146 Å². The zero-order chi connectivity index (χ0) is 18.0. The van der Waals surface area contributed by atoms with Crippen LogP contribution in [0.2, 0.25) is 0 Å². The third kappa shape index (κ3) is 3.17. The van der Waals surface area contributed by atoms with Crippen LogP contribution in [-0.2, 0) is 6.42 Å². The molecule has 0 bridgehead atoms. The Morgan fingerprint density at radius 3 is 2.72 bits per heavy atom. The van der Waals surface area contributed by atoms with Crippen LogP contribution in [0.3, 0.4) is 0 Å². The summed E-state index contributed by atoms with van der Waals surface area (Å²) in [5, 5.41) is 18.0. The van der Waals surface area contributed by atoms with Crippen molar-refractivity contribution in [3.05, 3.63) is 51.6 Å². The van der Waals surface area contributed by atoms with Crippen LogP contribution in [0.5, 0.6) is 11.5 Å². The van der Waals surface area contributed by atoms with E-state index in [1.54, 1.807) is 26.4 Å². The van der Waals surface area contributed by atoms with Gasteiger partial charge in [-0.05, 0) is 31.5 Å². The second-order valence-corrected chi connectivity index (χ2v) is 5.89. The minimum absolute atomic E-state index is 0.0850. The molecule has 2 aromatic rings. The van der Waals surface area contributed by atoms with E-state index >= 15 is 0 Å². The van der Waals surface area contributed by atoms with Gasteiger partial charge in [-0.15, -0.1) is 0 Å². The maximum Gasteiger partial charge on any atom is 0.292 e. The third-order valence-corrected chi connectivity index (χ3v) is 4.45. The Morgan fingerprint density at radius 1 is 1.24 bits per heavy atom. The molecule has 0 aliphatic carbocycles. The predicted octanol–water partition coefficient (Wildman–Crippen LogP) is 3.75. The molecule has 0 fully saturated rings. The first kappa shape index (κ1) is 16.9. The van der Waals surface area contributed by atoms with Crippen molar-refractivity contribution in [1.82, 2.24) is 0 Å². The van der Waals surface area contributed by atoms with Crippen molar-refractivity contribution >= 4 is 17.1 Å². The average Bonchev–Trinajstić information content (AvgIpc) is 3.10. The van der Waals surface area contributed by atoms with Crippen LogP contribution in [0.25, 0.3) is 0 Å². The fraction of sp³-hybridized carbons (Fsp3) is 0.333. The molecular weight excluding hydrogens is 322 g/mol. The molecule has 1 unspecified atom stereocenters. The van der Waals surface area contributed by atoms with Gasteiger partial charge in [0.15, 0.2) is 0 Å². The molecule has 1 heterocycles. The summed E-state index contributed by atoms with van der Waals surface area (Å²) >= 11 is 0. The zero-order valence-electron chi connectivity index (χ0n) is 14.5. The standard InChI is InChI=1S/C18H21N3O4/c1-11(13-5-4-12(24-2)10-17(13)25-3)20-18-14-8-9-19-15(14)6-7-16(18)21(22)23/h4-7,10-11,19-20H,8-9H2,1-3H3. The van der Waals surface area contributed by atoms with Crippen molar-refractivity contribution in [3.8, 4) is 11.5 Å². The Morgan fingerprint density at radius 2 is 2.04 bits per heavy atom. The topological polar surface area (TPSA) is 85.7 Å². The summed E-state index contributed by atoms with van der Waals surface area (Å²) in [6.45, 7) is 2.74. The van der Waals surface area contributed by atoms with E-state index in [1.807, 2.05) is 19.1 Å². The minimum Gasteiger partial charge on any atom is -0.497 e. The number of benzene rings is 2. The number of fused-ring (bicyclic) bond motifs is 1. The van der Waals surface area contributed by atoms with E-state index in [4.69, 9.17) is 9.47 Å². The molecule has 7 heteroatoms. The van der Waals surface area contributed by atoms with E-state index in [2.05, 4.69) is 10.6 Å². The highest BCUT2D eigenvalue weighted by Crippen LogP contribution is 2.40. The first-order chi connectivity index (χ1) is 12.0. The van der Waals surface area contributed by atoms with E-state index in [-0.39, 0.29) is 16.7 Å². The van der Waals surface area contributed by atoms with Gasteiger partial charge in [-0.25, -0.2) is 0 Å². The van der Waals surface area contributed by atoms with Gasteiger partial charge in [0.2, 0.25) is 0 Å². The maximum absolute atomic E-state index is 11.5. The van der Waals surface area contributed by atoms with Crippen LogP contribution >= 0.6 is 0 Å². The minimum atomic E-state index is -0.348. The molecule has 0 saturated carbocycles. The van der Waals surface area contributed by atoms with Crippen LogP contribution in [-0.4, -0.2) is 25.7 Å². The van der Waals surface area contributed by atoms with Crippen LogP contribution in [0.15, 0.2) is 30.3 Å². The number of nitrogens with zero attached hydrogens (tertiary/aromatic N) is 1. The number of anilines is 2. The summed E-state index contributed by atoms with van der Waals surface area (Å²) in [6, 6.07) is 8.69. The molecule has 132 valence electrons. The zero-order valence-corrected chi connectivity index (χ0v) is 14.5. The fourth-order valence-electron chi connectivity index (χ4n) is 3.17. The first-order valence-corrected chi connectivity index (χ1v) is 8.07. The third-order valence-electron chi connectivity index (χ3n) is 4.45. The monoisotopic (exact) mass is 343 g/mol. The molecular formula is C18H21N3O4. The first-order valence-electron chi connectivity index (χ1n) is 8.07. The molecule has 1 aliphatic rings. The lowest BCUT2D eigenvalue weighted by atomic mass is 10.0. The second-order valence-electron chi connectivity index (χ2n) is 5.89. The molecule has 1 aliphatic heterocycles. The maximum atomic E-state index is 11.5. The molecule has 0 saturated heterocycles. The van der Waals surface area contributed by atoms with Crippen molar-refractivity contribution in [3.63, 3.8) is 0 Å².